The van der Waals surface area contributed by atoms with Crippen LogP contribution in [0.1, 0.15) is 19.3 Å². The lowest BCUT2D eigenvalue weighted by Crippen LogP contribution is -2.50. The fraction of sp³-hybridized carbons (Fsp3) is 0.667. The second-order valence-electron chi connectivity index (χ2n) is 6.78. The van der Waals surface area contributed by atoms with Gasteiger partial charge in [-0.25, -0.2) is 9.97 Å². The predicted molar refractivity (Wildman–Crippen MR) is 95.6 cm³/mol. The maximum atomic E-state index is 5.43. The van der Waals surface area contributed by atoms with Gasteiger partial charge in [0.05, 0.1) is 13.2 Å². The molecule has 0 spiro atoms. The van der Waals surface area contributed by atoms with E-state index in [1.807, 2.05) is 0 Å². The highest BCUT2D eigenvalue weighted by Crippen LogP contribution is 2.22. The van der Waals surface area contributed by atoms with Crippen molar-refractivity contribution in [2.75, 3.05) is 62.3 Å². The smallest absolute Gasteiger partial charge is 0.134 e. The zero-order valence-electron chi connectivity index (χ0n) is 14.3. The van der Waals surface area contributed by atoms with Gasteiger partial charge in [-0.15, -0.1) is 0 Å². The number of ether oxygens (including phenoxy) is 1. The van der Waals surface area contributed by atoms with Gasteiger partial charge in [0.2, 0.25) is 0 Å². The molecule has 1 aromatic rings. The van der Waals surface area contributed by atoms with Crippen LogP contribution in [0.15, 0.2) is 24.5 Å². The van der Waals surface area contributed by atoms with E-state index in [2.05, 4.69) is 42.9 Å². The fourth-order valence-electron chi connectivity index (χ4n) is 3.86. The summed E-state index contributed by atoms with van der Waals surface area (Å²) in [5, 5.41) is 0. The normalized spacial score (nSPS) is 25.9. The Morgan fingerprint density at radius 1 is 0.917 bits per heavy atom. The number of morpholine rings is 1. The van der Waals surface area contributed by atoms with Gasteiger partial charge in [0, 0.05) is 51.4 Å². The van der Waals surface area contributed by atoms with E-state index in [9.17, 15) is 0 Å². The van der Waals surface area contributed by atoms with Crippen LogP contribution in [-0.2, 0) is 4.74 Å². The maximum Gasteiger partial charge on any atom is 0.134 e. The molecule has 0 saturated carbocycles. The van der Waals surface area contributed by atoms with Crippen LogP contribution in [0.25, 0.3) is 0 Å². The van der Waals surface area contributed by atoms with Gasteiger partial charge in [0.15, 0.2) is 0 Å². The summed E-state index contributed by atoms with van der Waals surface area (Å²) in [6.45, 7) is 7.72. The van der Waals surface area contributed by atoms with Crippen molar-refractivity contribution >= 4 is 11.6 Å². The Morgan fingerprint density at radius 2 is 1.62 bits per heavy atom. The van der Waals surface area contributed by atoms with Crippen LogP contribution >= 0.6 is 0 Å². The molecular weight excluding hydrogens is 302 g/mol. The molecule has 0 N–H and O–H groups in total. The lowest BCUT2D eigenvalue weighted by molar-refractivity contribution is 0.122. The third kappa shape index (κ3) is 3.54. The molecule has 3 aliphatic rings. The lowest BCUT2D eigenvalue weighted by atomic mass is 10.0. The summed E-state index contributed by atoms with van der Waals surface area (Å²) >= 11 is 0. The van der Waals surface area contributed by atoms with E-state index in [4.69, 9.17) is 4.74 Å². The van der Waals surface area contributed by atoms with Crippen molar-refractivity contribution in [2.45, 2.75) is 25.3 Å². The molecule has 0 amide bonds. The number of nitrogens with zero attached hydrogens (tertiary/aromatic N) is 5. The highest BCUT2D eigenvalue weighted by Gasteiger charge is 2.24. The van der Waals surface area contributed by atoms with Crippen molar-refractivity contribution in [2.24, 2.45) is 0 Å². The molecule has 1 aromatic heterocycles. The zero-order chi connectivity index (χ0) is 16.2. The quantitative estimate of drug-likeness (QED) is 0.784. The van der Waals surface area contributed by atoms with Crippen molar-refractivity contribution in [1.29, 1.82) is 0 Å². The summed E-state index contributed by atoms with van der Waals surface area (Å²) < 4.78 is 5.43. The van der Waals surface area contributed by atoms with E-state index in [0.29, 0.717) is 6.04 Å². The fourth-order valence-corrected chi connectivity index (χ4v) is 3.86. The van der Waals surface area contributed by atoms with Crippen molar-refractivity contribution in [3.05, 3.63) is 24.5 Å². The first-order chi connectivity index (χ1) is 11.9. The first-order valence-electron chi connectivity index (χ1n) is 9.20. The SMILES string of the molecule is C1=CC(N2CCN(c3cc(N4CCOCC4)ncn3)CC2)CCC1. The zero-order valence-corrected chi connectivity index (χ0v) is 14.3. The number of piperazine rings is 1. The van der Waals surface area contributed by atoms with E-state index in [1.165, 1.54) is 19.3 Å². The van der Waals surface area contributed by atoms with Gasteiger partial charge in [0.1, 0.15) is 18.0 Å². The molecule has 130 valence electrons. The van der Waals surface area contributed by atoms with Crippen LogP contribution < -0.4 is 9.80 Å². The third-order valence-corrected chi connectivity index (χ3v) is 5.31. The van der Waals surface area contributed by atoms with Crippen molar-refractivity contribution in [3.63, 3.8) is 0 Å². The standard InChI is InChI=1S/C18H27N5O/c1-2-4-16(5-3-1)21-6-8-22(9-7-21)17-14-18(20-15-19-17)23-10-12-24-13-11-23/h2,4,14-16H,1,3,5-13H2. The van der Waals surface area contributed by atoms with Crippen molar-refractivity contribution in [1.82, 2.24) is 14.9 Å². The minimum absolute atomic E-state index is 0.648. The third-order valence-electron chi connectivity index (χ3n) is 5.31. The molecule has 1 unspecified atom stereocenters. The van der Waals surface area contributed by atoms with Gasteiger partial charge in [-0.1, -0.05) is 12.2 Å². The van der Waals surface area contributed by atoms with Gasteiger partial charge in [-0.3, -0.25) is 4.90 Å². The molecule has 6 nitrogen and oxygen atoms in total. The largest absolute Gasteiger partial charge is 0.378 e. The molecule has 1 aliphatic carbocycles. The molecular formula is C18H27N5O. The molecule has 0 aromatic carbocycles. The Kier molecular flexibility index (Phi) is 4.94. The Morgan fingerprint density at radius 3 is 2.29 bits per heavy atom. The summed E-state index contributed by atoms with van der Waals surface area (Å²) in [7, 11) is 0. The summed E-state index contributed by atoms with van der Waals surface area (Å²) in [5.74, 6) is 2.09. The highest BCUT2D eigenvalue weighted by molar-refractivity contribution is 5.50. The molecule has 6 heteroatoms. The molecule has 24 heavy (non-hydrogen) atoms. The van der Waals surface area contributed by atoms with E-state index in [-0.39, 0.29) is 0 Å². The summed E-state index contributed by atoms with van der Waals surface area (Å²) in [6.07, 6.45) is 10.3. The lowest BCUT2D eigenvalue weighted by Gasteiger charge is -2.39. The van der Waals surface area contributed by atoms with Gasteiger partial charge in [-0.05, 0) is 19.3 Å². The van der Waals surface area contributed by atoms with Crippen LogP contribution in [0.5, 0.6) is 0 Å². The first kappa shape index (κ1) is 15.8. The molecule has 0 radical (unpaired) electrons. The first-order valence-corrected chi connectivity index (χ1v) is 9.20. The van der Waals surface area contributed by atoms with Crippen molar-refractivity contribution < 1.29 is 4.74 Å². The van der Waals surface area contributed by atoms with Gasteiger partial charge in [0.25, 0.3) is 0 Å². The van der Waals surface area contributed by atoms with E-state index in [1.54, 1.807) is 6.33 Å². The van der Waals surface area contributed by atoms with Crippen LogP contribution in [0.3, 0.4) is 0 Å². The van der Waals surface area contributed by atoms with E-state index in [0.717, 1.165) is 64.1 Å². The van der Waals surface area contributed by atoms with Crippen LogP contribution in [0.2, 0.25) is 0 Å². The van der Waals surface area contributed by atoms with E-state index >= 15 is 0 Å². The minimum Gasteiger partial charge on any atom is -0.378 e. The Labute approximate surface area is 144 Å². The number of rotatable bonds is 3. The van der Waals surface area contributed by atoms with E-state index < -0.39 is 0 Å². The monoisotopic (exact) mass is 329 g/mol. The Hall–Kier alpha value is -1.66. The minimum atomic E-state index is 0.648. The average molecular weight is 329 g/mol. The molecule has 1 atom stereocenters. The average Bonchev–Trinajstić information content (AvgIpc) is 2.70. The second-order valence-corrected chi connectivity index (χ2v) is 6.78. The van der Waals surface area contributed by atoms with Gasteiger partial charge >= 0.3 is 0 Å². The summed E-state index contributed by atoms with van der Waals surface area (Å²) in [5.41, 5.74) is 0. The Balaban J connectivity index is 1.38. The Bertz CT molecular complexity index is 564. The van der Waals surface area contributed by atoms with Crippen molar-refractivity contribution in [3.8, 4) is 0 Å². The van der Waals surface area contributed by atoms with Crippen LogP contribution in [0, 0.1) is 0 Å². The topological polar surface area (TPSA) is 44.7 Å². The molecule has 2 fully saturated rings. The molecule has 2 aliphatic heterocycles. The number of hydrogen-bond acceptors (Lipinski definition) is 6. The summed E-state index contributed by atoms with van der Waals surface area (Å²) in [4.78, 5) is 16.3. The van der Waals surface area contributed by atoms with Gasteiger partial charge < -0.3 is 14.5 Å². The summed E-state index contributed by atoms with van der Waals surface area (Å²) in [6, 6.07) is 2.79. The van der Waals surface area contributed by atoms with Crippen LogP contribution in [-0.4, -0.2) is 73.4 Å². The number of anilines is 2. The number of hydrogen-bond donors (Lipinski definition) is 0. The van der Waals surface area contributed by atoms with Gasteiger partial charge in [-0.2, -0.15) is 0 Å². The molecule has 3 heterocycles. The molecule has 4 rings (SSSR count). The number of allylic oxidation sites excluding steroid dienone is 1. The highest BCUT2D eigenvalue weighted by atomic mass is 16.5. The maximum absolute atomic E-state index is 5.43. The second kappa shape index (κ2) is 7.49. The predicted octanol–water partition coefficient (Wildman–Crippen LogP) is 1.54. The molecule has 0 bridgehead atoms. The number of aromatic nitrogens is 2. The molecule has 2 saturated heterocycles. The van der Waals surface area contributed by atoms with Crippen LogP contribution in [0.4, 0.5) is 11.6 Å².